The van der Waals surface area contributed by atoms with Crippen molar-refractivity contribution in [2.75, 3.05) is 17.2 Å². The summed E-state index contributed by atoms with van der Waals surface area (Å²) in [5.74, 6) is 1.91. The minimum Gasteiger partial charge on any atom is -0.494 e. The number of benzene rings is 3. The first-order chi connectivity index (χ1) is 14.3. The quantitative estimate of drug-likeness (QED) is 0.484. The van der Waals surface area contributed by atoms with E-state index in [0.717, 1.165) is 23.5 Å². The molecule has 3 aromatic rings. The molecule has 0 spiro atoms. The topological polar surface area (TPSA) is 33.3 Å². The minimum absolute atomic E-state index is 0.248. The molecule has 0 aromatic heterocycles. The van der Waals surface area contributed by atoms with Crippen molar-refractivity contribution in [1.29, 1.82) is 0 Å². The Morgan fingerprint density at radius 2 is 1.76 bits per heavy atom. The predicted octanol–water partition coefficient (Wildman–Crippen LogP) is 6.66. The molecule has 3 heteroatoms. The van der Waals surface area contributed by atoms with Gasteiger partial charge in [-0.3, -0.25) is 0 Å². The van der Waals surface area contributed by atoms with Crippen molar-refractivity contribution in [3.05, 3.63) is 96.1 Å². The van der Waals surface area contributed by atoms with Crippen LogP contribution in [0.4, 0.5) is 17.1 Å². The highest BCUT2D eigenvalue weighted by Gasteiger charge is 2.39. The summed E-state index contributed by atoms with van der Waals surface area (Å²) < 4.78 is 5.94. The highest BCUT2D eigenvalue weighted by atomic mass is 16.5. The van der Waals surface area contributed by atoms with Crippen LogP contribution in [0, 0.1) is 5.92 Å². The Bertz CT molecular complexity index is 1030. The maximum atomic E-state index is 5.94. The van der Waals surface area contributed by atoms with Crippen LogP contribution >= 0.6 is 0 Å². The predicted molar refractivity (Wildman–Crippen MR) is 120 cm³/mol. The van der Waals surface area contributed by atoms with E-state index in [1.165, 1.54) is 16.8 Å². The van der Waals surface area contributed by atoms with Gasteiger partial charge in [0, 0.05) is 28.5 Å². The Hall–Kier alpha value is -3.20. The van der Waals surface area contributed by atoms with Crippen molar-refractivity contribution in [2.24, 2.45) is 5.92 Å². The fourth-order valence-corrected chi connectivity index (χ4v) is 4.69. The highest BCUT2D eigenvalue weighted by molar-refractivity contribution is 5.69. The molecule has 3 unspecified atom stereocenters. The largest absolute Gasteiger partial charge is 0.494 e. The van der Waals surface area contributed by atoms with Gasteiger partial charge in [-0.15, -0.1) is 0 Å². The molecule has 2 N–H and O–H groups in total. The molecule has 146 valence electrons. The molecule has 0 bridgehead atoms. The molecular weight excluding hydrogens is 356 g/mol. The van der Waals surface area contributed by atoms with Gasteiger partial charge in [-0.25, -0.2) is 0 Å². The third-order valence-corrected chi connectivity index (χ3v) is 5.98. The molecule has 3 nitrogen and oxygen atoms in total. The normalized spacial score (nSPS) is 21.8. The van der Waals surface area contributed by atoms with Gasteiger partial charge in [-0.1, -0.05) is 48.6 Å². The van der Waals surface area contributed by atoms with Crippen LogP contribution in [0.3, 0.4) is 0 Å². The lowest BCUT2D eigenvalue weighted by atomic mass is 9.76. The molecule has 2 aliphatic rings. The van der Waals surface area contributed by atoms with Crippen LogP contribution in [0.5, 0.6) is 5.75 Å². The first-order valence-corrected chi connectivity index (χ1v) is 10.4. The fraction of sp³-hybridized carbons (Fsp3) is 0.231. The van der Waals surface area contributed by atoms with E-state index >= 15 is 0 Å². The van der Waals surface area contributed by atoms with Crippen LogP contribution in [-0.2, 0) is 0 Å². The maximum absolute atomic E-state index is 5.94. The molecular formula is C26H26N2O. The molecule has 3 aromatic carbocycles. The zero-order chi connectivity index (χ0) is 19.6. The number of hydrogen-bond acceptors (Lipinski definition) is 3. The lowest BCUT2D eigenvalue weighted by Crippen LogP contribution is -2.29. The van der Waals surface area contributed by atoms with Gasteiger partial charge in [0.2, 0.25) is 0 Å². The molecule has 0 fully saturated rings. The highest BCUT2D eigenvalue weighted by Crippen LogP contribution is 2.51. The summed E-state index contributed by atoms with van der Waals surface area (Å²) in [7, 11) is 0. The van der Waals surface area contributed by atoms with E-state index in [4.69, 9.17) is 4.74 Å². The van der Waals surface area contributed by atoms with Crippen LogP contribution in [-0.4, -0.2) is 6.61 Å². The van der Waals surface area contributed by atoms with Crippen molar-refractivity contribution in [1.82, 2.24) is 0 Å². The summed E-state index contributed by atoms with van der Waals surface area (Å²) in [5, 5.41) is 7.36. The van der Waals surface area contributed by atoms with Gasteiger partial charge in [-0.2, -0.15) is 0 Å². The molecule has 5 rings (SSSR count). The van der Waals surface area contributed by atoms with Gasteiger partial charge in [0.15, 0.2) is 0 Å². The third-order valence-electron chi connectivity index (χ3n) is 5.98. The molecule has 0 saturated heterocycles. The monoisotopic (exact) mass is 382 g/mol. The number of hydrogen-bond donors (Lipinski definition) is 2. The SMILES string of the molecule is CCOc1ccccc1C1Nc2ccc(Nc3ccccc3)cc2C2C=CCC21. The number of allylic oxidation sites excluding steroid dienone is 2. The van der Waals surface area contributed by atoms with Gasteiger partial charge in [-0.05, 0) is 61.2 Å². The van der Waals surface area contributed by atoms with Gasteiger partial charge in [0.1, 0.15) is 5.75 Å². The number of ether oxygens (including phenoxy) is 1. The smallest absolute Gasteiger partial charge is 0.124 e. The van der Waals surface area contributed by atoms with E-state index < -0.39 is 0 Å². The number of nitrogens with one attached hydrogen (secondary N) is 2. The molecule has 1 heterocycles. The van der Waals surface area contributed by atoms with Crippen LogP contribution in [0.1, 0.15) is 36.4 Å². The summed E-state index contributed by atoms with van der Waals surface area (Å²) in [4.78, 5) is 0. The number of para-hydroxylation sites is 2. The van der Waals surface area contributed by atoms with Crippen LogP contribution in [0.15, 0.2) is 84.9 Å². The van der Waals surface area contributed by atoms with Crippen molar-refractivity contribution in [2.45, 2.75) is 25.3 Å². The first-order valence-electron chi connectivity index (χ1n) is 10.4. The van der Waals surface area contributed by atoms with E-state index in [9.17, 15) is 0 Å². The van der Waals surface area contributed by atoms with E-state index in [2.05, 4.69) is 89.5 Å². The summed E-state index contributed by atoms with van der Waals surface area (Å²) >= 11 is 0. The summed E-state index contributed by atoms with van der Waals surface area (Å²) in [6.45, 7) is 2.72. The average molecular weight is 383 g/mol. The van der Waals surface area contributed by atoms with Gasteiger partial charge >= 0.3 is 0 Å². The summed E-state index contributed by atoms with van der Waals surface area (Å²) in [5.41, 5.74) is 6.08. The van der Waals surface area contributed by atoms with Gasteiger partial charge < -0.3 is 15.4 Å². The Morgan fingerprint density at radius 1 is 0.931 bits per heavy atom. The molecule has 1 aliphatic heterocycles. The summed E-state index contributed by atoms with van der Waals surface area (Å²) in [6, 6.07) is 25.7. The van der Waals surface area contributed by atoms with E-state index in [1.54, 1.807) is 0 Å². The average Bonchev–Trinajstić information content (AvgIpc) is 3.25. The summed E-state index contributed by atoms with van der Waals surface area (Å²) in [6.07, 6.45) is 5.80. The lowest BCUT2D eigenvalue weighted by Gasteiger charge is -2.38. The number of rotatable bonds is 5. The lowest BCUT2D eigenvalue weighted by molar-refractivity contribution is 0.326. The van der Waals surface area contributed by atoms with Crippen molar-refractivity contribution in [3.8, 4) is 5.75 Å². The van der Waals surface area contributed by atoms with Crippen molar-refractivity contribution < 1.29 is 4.74 Å². The second-order valence-corrected chi connectivity index (χ2v) is 7.74. The van der Waals surface area contributed by atoms with Crippen LogP contribution in [0.2, 0.25) is 0 Å². The first kappa shape index (κ1) is 17.9. The Morgan fingerprint density at radius 3 is 2.62 bits per heavy atom. The molecule has 3 atom stereocenters. The Labute approximate surface area is 172 Å². The zero-order valence-electron chi connectivity index (χ0n) is 16.6. The van der Waals surface area contributed by atoms with E-state index in [1.807, 2.05) is 13.0 Å². The number of fused-ring (bicyclic) bond motifs is 3. The van der Waals surface area contributed by atoms with E-state index in [-0.39, 0.29) is 6.04 Å². The van der Waals surface area contributed by atoms with Gasteiger partial charge in [0.05, 0.1) is 12.6 Å². The zero-order valence-corrected chi connectivity index (χ0v) is 16.6. The minimum atomic E-state index is 0.248. The van der Waals surface area contributed by atoms with Crippen molar-refractivity contribution in [3.63, 3.8) is 0 Å². The second-order valence-electron chi connectivity index (χ2n) is 7.74. The maximum Gasteiger partial charge on any atom is 0.124 e. The van der Waals surface area contributed by atoms with E-state index in [0.29, 0.717) is 18.4 Å². The number of anilines is 3. The third kappa shape index (κ3) is 3.38. The van der Waals surface area contributed by atoms with Crippen molar-refractivity contribution >= 4 is 17.1 Å². The fourth-order valence-electron chi connectivity index (χ4n) is 4.69. The second kappa shape index (κ2) is 7.67. The standard InChI is InChI=1S/C26H26N2O/c1-2-29-25-14-7-6-11-22(25)26-21-13-8-12-20(21)23-17-19(15-16-24(23)28-26)27-18-9-4-3-5-10-18/h3-12,14-17,20-21,26-28H,2,13H2,1H3. The Balaban J connectivity index is 1.49. The molecule has 1 aliphatic carbocycles. The molecule has 0 saturated carbocycles. The molecule has 0 amide bonds. The molecule has 29 heavy (non-hydrogen) atoms. The Kier molecular flexibility index (Phi) is 4.73. The molecule has 0 radical (unpaired) electrons. The van der Waals surface area contributed by atoms with Crippen LogP contribution < -0.4 is 15.4 Å². The van der Waals surface area contributed by atoms with Gasteiger partial charge in [0.25, 0.3) is 0 Å². The van der Waals surface area contributed by atoms with Crippen LogP contribution in [0.25, 0.3) is 0 Å².